The van der Waals surface area contributed by atoms with Crippen molar-refractivity contribution in [2.45, 2.75) is 39.4 Å². The second-order valence-electron chi connectivity index (χ2n) is 4.96. The molecule has 0 spiro atoms. The molecule has 0 aliphatic rings. The predicted octanol–water partition coefficient (Wildman–Crippen LogP) is 3.90. The van der Waals surface area contributed by atoms with E-state index in [1.807, 2.05) is 0 Å². The van der Waals surface area contributed by atoms with Crippen LogP contribution in [0.5, 0.6) is 0 Å². The number of hydrogen-bond acceptors (Lipinski definition) is 5. The number of nitrogens with one attached hydrogen (secondary N) is 1. The van der Waals surface area contributed by atoms with Crippen LogP contribution in [0.3, 0.4) is 0 Å². The first-order valence-corrected chi connectivity index (χ1v) is 8.28. The highest BCUT2D eigenvalue weighted by molar-refractivity contribution is 7.13. The quantitative estimate of drug-likeness (QED) is 0.876. The van der Waals surface area contributed by atoms with Crippen LogP contribution in [0.15, 0.2) is 22.9 Å². The molecule has 1 N–H and O–H groups in total. The zero-order valence-corrected chi connectivity index (χ0v) is 13.5. The molecule has 2 rings (SSSR count). The number of rotatable bonds is 6. The third kappa shape index (κ3) is 3.78. The van der Waals surface area contributed by atoms with Gasteiger partial charge in [0.1, 0.15) is 0 Å². The van der Waals surface area contributed by atoms with Gasteiger partial charge >= 0.3 is 0 Å². The summed E-state index contributed by atoms with van der Waals surface area (Å²) in [5.74, 6) is 0. The summed E-state index contributed by atoms with van der Waals surface area (Å²) in [6.45, 7) is 7.37. The topological polar surface area (TPSA) is 28.2 Å². The first-order valence-electron chi connectivity index (χ1n) is 6.52. The molecule has 19 heavy (non-hydrogen) atoms. The van der Waals surface area contributed by atoms with Crippen molar-refractivity contribution in [1.82, 2.24) is 10.3 Å². The third-order valence-corrected chi connectivity index (χ3v) is 5.09. The van der Waals surface area contributed by atoms with Crippen molar-refractivity contribution < 1.29 is 0 Å². The Balaban J connectivity index is 2.01. The summed E-state index contributed by atoms with van der Waals surface area (Å²) in [6.07, 6.45) is 0. The van der Waals surface area contributed by atoms with E-state index in [9.17, 15) is 0 Å². The molecule has 104 valence electrons. The van der Waals surface area contributed by atoms with E-state index in [1.165, 1.54) is 4.88 Å². The van der Waals surface area contributed by atoms with Gasteiger partial charge in [0.15, 0.2) is 5.13 Å². The summed E-state index contributed by atoms with van der Waals surface area (Å²) < 4.78 is 0. The summed E-state index contributed by atoms with van der Waals surface area (Å²) in [7, 11) is 2.11. The summed E-state index contributed by atoms with van der Waals surface area (Å²) >= 11 is 3.51. The molecule has 2 aromatic heterocycles. The van der Waals surface area contributed by atoms with Crippen molar-refractivity contribution in [1.29, 1.82) is 0 Å². The molecule has 0 aromatic carbocycles. The van der Waals surface area contributed by atoms with E-state index in [1.54, 1.807) is 22.7 Å². The lowest BCUT2D eigenvalue weighted by molar-refractivity contribution is 0.582. The fraction of sp³-hybridized carbons (Fsp3) is 0.500. The van der Waals surface area contributed by atoms with Gasteiger partial charge in [-0.1, -0.05) is 19.9 Å². The van der Waals surface area contributed by atoms with Gasteiger partial charge in [-0.05, 0) is 18.4 Å². The van der Waals surface area contributed by atoms with E-state index in [0.717, 1.165) is 17.4 Å². The molecule has 2 aromatic rings. The minimum Gasteiger partial charge on any atom is -0.344 e. The Labute approximate surface area is 123 Å². The largest absolute Gasteiger partial charge is 0.344 e. The maximum Gasteiger partial charge on any atom is 0.185 e. The number of thiazole rings is 1. The number of thiophene rings is 1. The second-order valence-corrected chi connectivity index (χ2v) is 6.78. The molecule has 1 atom stereocenters. The molecule has 0 fully saturated rings. The Hall–Kier alpha value is -0.910. The van der Waals surface area contributed by atoms with Gasteiger partial charge in [0.05, 0.1) is 11.7 Å². The average Bonchev–Trinajstić information content (AvgIpc) is 3.05. The Morgan fingerprint density at radius 3 is 2.74 bits per heavy atom. The van der Waals surface area contributed by atoms with Crippen LogP contribution in [0.2, 0.25) is 0 Å². The van der Waals surface area contributed by atoms with Gasteiger partial charge in [-0.25, -0.2) is 4.98 Å². The van der Waals surface area contributed by atoms with Gasteiger partial charge in [-0.2, -0.15) is 0 Å². The molecule has 0 aliphatic heterocycles. The van der Waals surface area contributed by atoms with Crippen LogP contribution in [0, 0.1) is 0 Å². The van der Waals surface area contributed by atoms with Gasteiger partial charge in [0.25, 0.3) is 0 Å². The lowest BCUT2D eigenvalue weighted by atomic mass is 10.2. The van der Waals surface area contributed by atoms with Crippen molar-refractivity contribution in [2.75, 3.05) is 11.9 Å². The van der Waals surface area contributed by atoms with Crippen LogP contribution in [-0.2, 0) is 6.54 Å². The molecule has 1 unspecified atom stereocenters. The van der Waals surface area contributed by atoms with E-state index in [0.29, 0.717) is 12.1 Å². The highest BCUT2D eigenvalue weighted by atomic mass is 32.1. The Morgan fingerprint density at radius 1 is 1.32 bits per heavy atom. The fourth-order valence-corrected chi connectivity index (χ4v) is 3.43. The Kier molecular flexibility index (Phi) is 4.96. The Morgan fingerprint density at radius 2 is 2.11 bits per heavy atom. The van der Waals surface area contributed by atoms with Gasteiger partial charge in [-0.3, -0.25) is 0 Å². The number of nitrogens with zero attached hydrogens (tertiary/aromatic N) is 2. The molecule has 0 bridgehead atoms. The van der Waals surface area contributed by atoms with E-state index in [-0.39, 0.29) is 0 Å². The van der Waals surface area contributed by atoms with E-state index < -0.39 is 0 Å². The van der Waals surface area contributed by atoms with Crippen molar-refractivity contribution in [3.8, 4) is 0 Å². The number of hydrogen-bond donors (Lipinski definition) is 1. The van der Waals surface area contributed by atoms with Crippen molar-refractivity contribution in [3.05, 3.63) is 33.5 Å². The zero-order valence-electron chi connectivity index (χ0n) is 11.9. The monoisotopic (exact) mass is 295 g/mol. The number of aromatic nitrogens is 1. The molecule has 2 heterocycles. The molecule has 0 radical (unpaired) electrons. The third-order valence-electron chi connectivity index (χ3n) is 3.07. The van der Waals surface area contributed by atoms with Crippen LogP contribution in [0.1, 0.15) is 37.4 Å². The van der Waals surface area contributed by atoms with E-state index >= 15 is 0 Å². The first-order chi connectivity index (χ1) is 9.08. The van der Waals surface area contributed by atoms with Crippen molar-refractivity contribution >= 4 is 27.8 Å². The summed E-state index contributed by atoms with van der Waals surface area (Å²) in [5.41, 5.74) is 1.12. The molecule has 0 amide bonds. The molecular formula is C14H21N3S2. The summed E-state index contributed by atoms with van der Waals surface area (Å²) in [6, 6.07) is 5.15. The predicted molar refractivity (Wildman–Crippen MR) is 85.2 cm³/mol. The first kappa shape index (κ1) is 14.5. The van der Waals surface area contributed by atoms with Gasteiger partial charge in [0.2, 0.25) is 0 Å². The standard InChI is InChI=1S/C14H21N3S2/c1-10(2)15-8-12-9-19-14(16-12)17(4)11(3)13-6-5-7-18-13/h5-7,9-11,15H,8H2,1-4H3. The smallest absolute Gasteiger partial charge is 0.185 e. The highest BCUT2D eigenvalue weighted by Gasteiger charge is 2.16. The maximum atomic E-state index is 4.70. The van der Waals surface area contributed by atoms with E-state index in [4.69, 9.17) is 4.98 Å². The lowest BCUT2D eigenvalue weighted by Gasteiger charge is -2.23. The van der Waals surface area contributed by atoms with Crippen LogP contribution in [0.4, 0.5) is 5.13 Å². The second kappa shape index (κ2) is 6.50. The van der Waals surface area contributed by atoms with Crippen LogP contribution in [0.25, 0.3) is 0 Å². The molecule has 5 heteroatoms. The molecular weight excluding hydrogens is 274 g/mol. The zero-order chi connectivity index (χ0) is 13.8. The van der Waals surface area contributed by atoms with Crippen LogP contribution in [-0.4, -0.2) is 18.1 Å². The van der Waals surface area contributed by atoms with Crippen molar-refractivity contribution in [2.24, 2.45) is 0 Å². The average molecular weight is 295 g/mol. The lowest BCUT2D eigenvalue weighted by Crippen LogP contribution is -2.23. The molecule has 0 saturated heterocycles. The summed E-state index contributed by atoms with van der Waals surface area (Å²) in [5, 5.41) is 8.75. The van der Waals surface area contributed by atoms with Gasteiger partial charge in [0, 0.05) is 29.9 Å². The molecule has 0 aliphatic carbocycles. The maximum absolute atomic E-state index is 4.70. The summed E-state index contributed by atoms with van der Waals surface area (Å²) in [4.78, 5) is 8.32. The minimum atomic E-state index is 0.372. The van der Waals surface area contributed by atoms with Crippen molar-refractivity contribution in [3.63, 3.8) is 0 Å². The van der Waals surface area contributed by atoms with E-state index in [2.05, 4.69) is 60.9 Å². The minimum absolute atomic E-state index is 0.372. The number of anilines is 1. The van der Waals surface area contributed by atoms with Gasteiger partial charge < -0.3 is 10.2 Å². The SMILES string of the molecule is CC(C)NCc1csc(N(C)C(C)c2cccs2)n1. The molecule has 3 nitrogen and oxygen atoms in total. The van der Waals surface area contributed by atoms with Crippen LogP contribution < -0.4 is 10.2 Å². The highest BCUT2D eigenvalue weighted by Crippen LogP contribution is 2.30. The fourth-order valence-electron chi connectivity index (χ4n) is 1.73. The van der Waals surface area contributed by atoms with Crippen LogP contribution >= 0.6 is 22.7 Å². The Bertz CT molecular complexity index is 491. The normalized spacial score (nSPS) is 12.9. The molecule has 0 saturated carbocycles. The van der Waals surface area contributed by atoms with Gasteiger partial charge in [-0.15, -0.1) is 22.7 Å².